The van der Waals surface area contributed by atoms with Crippen molar-refractivity contribution in [2.45, 2.75) is 26.5 Å². The van der Waals surface area contributed by atoms with E-state index in [-0.39, 0.29) is 24.5 Å². The number of rotatable bonds is 8. The fourth-order valence-electron chi connectivity index (χ4n) is 2.68. The zero-order valence-electron chi connectivity index (χ0n) is 17.2. The summed E-state index contributed by atoms with van der Waals surface area (Å²) in [5.41, 5.74) is 3.40. The predicted octanol–water partition coefficient (Wildman–Crippen LogP) is 3.39. The Morgan fingerprint density at radius 1 is 0.964 bits per heavy atom. The Hall–Kier alpha value is -2.86. The number of nitrogens with zero attached hydrogens (tertiary/aromatic N) is 2. The smallest absolute Gasteiger partial charge is 0.338 e. The summed E-state index contributed by atoms with van der Waals surface area (Å²) in [6.45, 7) is 4.56. The van der Waals surface area contributed by atoms with Gasteiger partial charge in [-0.2, -0.15) is 0 Å². The first-order chi connectivity index (χ1) is 13.2. The molecule has 0 aromatic heterocycles. The molecular weight excluding hydrogens is 354 g/mol. The Morgan fingerprint density at radius 2 is 1.57 bits per heavy atom. The van der Waals surface area contributed by atoms with Gasteiger partial charge in [0.2, 0.25) is 5.91 Å². The van der Waals surface area contributed by atoms with Crippen molar-refractivity contribution in [2.75, 3.05) is 37.9 Å². The molecule has 2 rings (SSSR count). The van der Waals surface area contributed by atoms with Crippen molar-refractivity contribution in [1.29, 1.82) is 0 Å². The summed E-state index contributed by atoms with van der Waals surface area (Å²) in [5.74, 6) is -0.474. The number of esters is 1. The molecule has 0 aliphatic heterocycles. The van der Waals surface area contributed by atoms with Gasteiger partial charge in [0, 0.05) is 32.0 Å². The van der Waals surface area contributed by atoms with Crippen molar-refractivity contribution in [3.8, 4) is 0 Å². The Labute approximate surface area is 167 Å². The highest BCUT2D eigenvalue weighted by molar-refractivity contribution is 5.94. The second-order valence-electron chi connectivity index (χ2n) is 7.31. The first-order valence-electron chi connectivity index (χ1n) is 9.30. The Bertz CT molecular complexity index is 784. The number of ether oxygens (including phenoxy) is 1. The minimum absolute atomic E-state index is 0.107. The summed E-state index contributed by atoms with van der Waals surface area (Å²) < 4.78 is 5.15. The molecule has 6 nitrogen and oxygen atoms in total. The second kappa shape index (κ2) is 9.90. The fourth-order valence-corrected chi connectivity index (χ4v) is 2.68. The third kappa shape index (κ3) is 6.70. The van der Waals surface area contributed by atoms with E-state index in [0.29, 0.717) is 17.8 Å². The van der Waals surface area contributed by atoms with E-state index in [0.717, 1.165) is 11.3 Å². The lowest BCUT2D eigenvalue weighted by atomic mass is 10.2. The molecule has 0 spiro atoms. The van der Waals surface area contributed by atoms with Gasteiger partial charge in [0.1, 0.15) is 0 Å². The average molecular weight is 383 g/mol. The van der Waals surface area contributed by atoms with Crippen LogP contribution in [0.4, 0.5) is 11.4 Å². The highest BCUT2D eigenvalue weighted by Gasteiger charge is 2.11. The van der Waals surface area contributed by atoms with Crippen LogP contribution in [0.1, 0.15) is 29.8 Å². The number of carbonyl (C=O) groups excluding carboxylic acids is 2. The van der Waals surface area contributed by atoms with Gasteiger partial charge in [-0.25, -0.2) is 4.79 Å². The highest BCUT2D eigenvalue weighted by Crippen LogP contribution is 2.14. The molecule has 0 bridgehead atoms. The molecule has 150 valence electrons. The molecule has 2 aromatic carbocycles. The lowest BCUT2D eigenvalue weighted by molar-refractivity contribution is -0.117. The molecule has 2 aromatic rings. The van der Waals surface area contributed by atoms with Gasteiger partial charge in [0.05, 0.1) is 18.2 Å². The number of hydrogen-bond acceptors (Lipinski definition) is 5. The molecule has 0 heterocycles. The zero-order chi connectivity index (χ0) is 20.7. The maximum Gasteiger partial charge on any atom is 0.338 e. The van der Waals surface area contributed by atoms with Gasteiger partial charge in [-0.05, 0) is 62.9 Å². The van der Waals surface area contributed by atoms with Crippen LogP contribution >= 0.6 is 0 Å². The van der Waals surface area contributed by atoms with Crippen LogP contribution in [0.15, 0.2) is 48.5 Å². The fraction of sp³-hybridized carbons (Fsp3) is 0.364. The number of anilines is 2. The highest BCUT2D eigenvalue weighted by atomic mass is 16.5. The third-order valence-electron chi connectivity index (χ3n) is 4.07. The summed E-state index contributed by atoms with van der Waals surface area (Å²) in [4.78, 5) is 28.1. The van der Waals surface area contributed by atoms with Gasteiger partial charge in [0.25, 0.3) is 0 Å². The van der Waals surface area contributed by atoms with Crippen molar-refractivity contribution in [1.82, 2.24) is 4.90 Å². The molecule has 0 saturated carbocycles. The molecule has 1 N–H and O–H groups in total. The maximum absolute atomic E-state index is 12.3. The Kier molecular flexibility index (Phi) is 7.58. The number of nitrogens with one attached hydrogen (secondary N) is 1. The summed E-state index contributed by atoms with van der Waals surface area (Å²) in [6.07, 6.45) is -0.165. The van der Waals surface area contributed by atoms with Crippen molar-refractivity contribution < 1.29 is 14.3 Å². The van der Waals surface area contributed by atoms with Gasteiger partial charge in [-0.1, -0.05) is 12.1 Å². The van der Waals surface area contributed by atoms with E-state index >= 15 is 0 Å². The topological polar surface area (TPSA) is 61.9 Å². The molecule has 0 unspecified atom stereocenters. The van der Waals surface area contributed by atoms with E-state index in [1.165, 1.54) is 0 Å². The Morgan fingerprint density at radius 3 is 2.11 bits per heavy atom. The van der Waals surface area contributed by atoms with E-state index in [9.17, 15) is 9.59 Å². The first kappa shape index (κ1) is 21.4. The predicted molar refractivity (Wildman–Crippen MR) is 113 cm³/mol. The lowest BCUT2D eigenvalue weighted by Gasteiger charge is -2.18. The summed E-state index contributed by atoms with van der Waals surface area (Å²) in [5, 5.41) is 2.85. The monoisotopic (exact) mass is 383 g/mol. The molecule has 0 saturated heterocycles. The molecule has 28 heavy (non-hydrogen) atoms. The molecular formula is C22H29N3O3. The Balaban J connectivity index is 1.84. The quantitative estimate of drug-likeness (QED) is 0.708. The minimum atomic E-state index is -0.368. The standard InChI is InChI=1S/C22H29N3O3/c1-16(2)28-22(27)18-8-10-19(11-9-18)23-21(26)15-25(5)14-17-6-12-20(13-7-17)24(3)4/h6-13,16H,14-15H2,1-5H3,(H,23,26). The third-order valence-corrected chi connectivity index (χ3v) is 4.07. The van der Waals surface area contributed by atoms with Crippen LogP contribution in [0, 0.1) is 0 Å². The van der Waals surface area contributed by atoms with Crippen molar-refractivity contribution >= 4 is 23.3 Å². The van der Waals surface area contributed by atoms with Crippen LogP contribution in [0.3, 0.4) is 0 Å². The van der Waals surface area contributed by atoms with Gasteiger partial charge in [-0.3, -0.25) is 9.69 Å². The minimum Gasteiger partial charge on any atom is -0.459 e. The van der Waals surface area contributed by atoms with Crippen molar-refractivity contribution in [3.05, 3.63) is 59.7 Å². The van der Waals surface area contributed by atoms with Gasteiger partial charge in [0.15, 0.2) is 0 Å². The average Bonchev–Trinajstić information content (AvgIpc) is 2.61. The summed E-state index contributed by atoms with van der Waals surface area (Å²) >= 11 is 0. The number of carbonyl (C=O) groups is 2. The number of likely N-dealkylation sites (N-methyl/N-ethyl adjacent to an activating group) is 1. The van der Waals surface area contributed by atoms with Crippen LogP contribution in [0.25, 0.3) is 0 Å². The van der Waals surface area contributed by atoms with Crippen LogP contribution in [-0.4, -0.2) is 50.6 Å². The largest absolute Gasteiger partial charge is 0.459 e. The van der Waals surface area contributed by atoms with Crippen LogP contribution in [-0.2, 0) is 16.1 Å². The van der Waals surface area contributed by atoms with Crippen LogP contribution in [0.5, 0.6) is 0 Å². The molecule has 0 aliphatic rings. The first-order valence-corrected chi connectivity index (χ1v) is 9.30. The SMILES string of the molecule is CC(C)OC(=O)c1ccc(NC(=O)CN(C)Cc2ccc(N(C)C)cc2)cc1. The molecule has 0 aliphatic carbocycles. The molecule has 0 radical (unpaired) electrons. The second-order valence-corrected chi connectivity index (χ2v) is 7.31. The van der Waals surface area contributed by atoms with Crippen LogP contribution < -0.4 is 10.2 Å². The van der Waals surface area contributed by atoms with Crippen LogP contribution in [0.2, 0.25) is 0 Å². The van der Waals surface area contributed by atoms with Gasteiger partial charge in [-0.15, -0.1) is 0 Å². The van der Waals surface area contributed by atoms with Gasteiger partial charge >= 0.3 is 5.97 Å². The van der Waals surface area contributed by atoms with Crippen molar-refractivity contribution in [3.63, 3.8) is 0 Å². The van der Waals surface area contributed by atoms with E-state index in [2.05, 4.69) is 34.5 Å². The van der Waals surface area contributed by atoms with Gasteiger partial charge < -0.3 is 15.0 Å². The number of benzene rings is 2. The number of amides is 1. The van der Waals surface area contributed by atoms with E-state index in [1.54, 1.807) is 38.1 Å². The van der Waals surface area contributed by atoms with E-state index in [1.807, 2.05) is 26.0 Å². The molecule has 6 heteroatoms. The maximum atomic E-state index is 12.3. The zero-order valence-corrected chi connectivity index (χ0v) is 17.2. The van der Waals surface area contributed by atoms with E-state index < -0.39 is 0 Å². The van der Waals surface area contributed by atoms with E-state index in [4.69, 9.17) is 4.74 Å². The molecule has 0 atom stereocenters. The molecule has 0 fully saturated rings. The van der Waals surface area contributed by atoms with Crippen molar-refractivity contribution in [2.24, 2.45) is 0 Å². The summed E-state index contributed by atoms with van der Waals surface area (Å²) in [7, 11) is 5.92. The normalized spacial score (nSPS) is 10.8. The number of hydrogen-bond donors (Lipinski definition) is 1. The molecule has 1 amide bonds. The summed E-state index contributed by atoms with van der Waals surface area (Å²) in [6, 6.07) is 15.0. The lowest BCUT2D eigenvalue weighted by Crippen LogP contribution is -2.29.